The van der Waals surface area contributed by atoms with E-state index in [1.165, 1.54) is 18.1 Å². The molecule has 26 heavy (non-hydrogen) atoms. The second-order valence-electron chi connectivity index (χ2n) is 8.32. The Labute approximate surface area is 157 Å². The van der Waals surface area contributed by atoms with Gasteiger partial charge in [0.05, 0.1) is 12.2 Å². The topological polar surface area (TPSA) is 66.8 Å². The Kier molecular flexibility index (Phi) is 6.86. The van der Waals surface area contributed by atoms with Crippen molar-refractivity contribution in [1.29, 1.82) is 0 Å². The molecule has 146 valence electrons. The summed E-state index contributed by atoms with van der Waals surface area (Å²) in [6, 6.07) is 0. The van der Waals surface area contributed by atoms with Gasteiger partial charge in [0, 0.05) is 19.3 Å². The number of allylic oxidation sites excluding steroid dienone is 2. The summed E-state index contributed by atoms with van der Waals surface area (Å²) in [5, 5.41) is 21.9. The van der Waals surface area contributed by atoms with E-state index < -0.39 is 12.2 Å². The molecule has 4 heteroatoms. The number of rotatable bonds is 5. The van der Waals surface area contributed by atoms with E-state index in [2.05, 4.69) is 18.7 Å². The molecule has 0 saturated heterocycles. The lowest BCUT2D eigenvalue weighted by Crippen LogP contribution is -2.40. The molecule has 0 aromatic heterocycles. The molecule has 0 spiro atoms. The summed E-state index contributed by atoms with van der Waals surface area (Å²) in [6.45, 7) is 13.6. The van der Waals surface area contributed by atoms with E-state index in [9.17, 15) is 15.0 Å². The summed E-state index contributed by atoms with van der Waals surface area (Å²) < 4.78 is 5.59. The molecule has 0 amide bonds. The zero-order valence-corrected chi connectivity index (χ0v) is 16.7. The van der Waals surface area contributed by atoms with Crippen LogP contribution in [0.25, 0.3) is 0 Å². The van der Waals surface area contributed by atoms with Crippen LogP contribution in [-0.4, -0.2) is 34.5 Å². The van der Waals surface area contributed by atoms with Crippen LogP contribution in [-0.2, 0) is 9.53 Å². The van der Waals surface area contributed by atoms with Crippen LogP contribution in [0.2, 0.25) is 0 Å². The zero-order valence-electron chi connectivity index (χ0n) is 16.7. The van der Waals surface area contributed by atoms with E-state index in [0.717, 1.165) is 12.0 Å². The largest absolute Gasteiger partial charge is 0.462 e. The normalized spacial score (nSPS) is 33.6. The van der Waals surface area contributed by atoms with Gasteiger partial charge in [0.25, 0.3) is 0 Å². The standard InChI is InChI=1S/C22H34O4/c1-12(2)7-10-20(26-16(6)23)15(5)18-11-19(24)14(4)17-9-8-13(3)21(17)22(18)25/h7-8,15,17-22,24-25H,4,9-11H2,1-3,5-6H3/t15-,17-,18?,19+,20?,21+,22+/m0/s1. The molecular formula is C22H34O4. The number of esters is 1. The lowest BCUT2D eigenvalue weighted by Gasteiger charge is -2.36. The van der Waals surface area contributed by atoms with Crippen LogP contribution in [0.4, 0.5) is 0 Å². The highest BCUT2D eigenvalue weighted by molar-refractivity contribution is 5.66. The first-order chi connectivity index (χ1) is 12.1. The van der Waals surface area contributed by atoms with Gasteiger partial charge < -0.3 is 14.9 Å². The second kappa shape index (κ2) is 8.53. The van der Waals surface area contributed by atoms with Gasteiger partial charge in [0.15, 0.2) is 0 Å². The Morgan fingerprint density at radius 1 is 1.38 bits per heavy atom. The number of ether oxygens (including phenoxy) is 1. The molecule has 2 unspecified atom stereocenters. The van der Waals surface area contributed by atoms with E-state index in [-0.39, 0.29) is 35.7 Å². The fraction of sp³-hybridized carbons (Fsp3) is 0.682. The average Bonchev–Trinajstić information content (AvgIpc) is 2.91. The summed E-state index contributed by atoms with van der Waals surface area (Å²) in [5.41, 5.74) is 3.16. The van der Waals surface area contributed by atoms with E-state index in [4.69, 9.17) is 4.74 Å². The molecular weight excluding hydrogens is 328 g/mol. The van der Waals surface area contributed by atoms with Crippen LogP contribution in [0.15, 0.2) is 35.5 Å². The van der Waals surface area contributed by atoms with Crippen LogP contribution in [0.5, 0.6) is 0 Å². The SMILES string of the molecule is C=C1[C@H](O)CC([C@H](C)C(CC=C(C)C)OC(C)=O)[C@@H](O)[C@@H]2C(C)=CC[C@@H]12. The van der Waals surface area contributed by atoms with E-state index in [1.54, 1.807) is 0 Å². The van der Waals surface area contributed by atoms with Crippen molar-refractivity contribution in [2.24, 2.45) is 23.7 Å². The number of hydrogen-bond donors (Lipinski definition) is 2. The number of carbonyl (C=O) groups excluding carboxylic acids is 1. The van der Waals surface area contributed by atoms with Gasteiger partial charge in [0.1, 0.15) is 6.10 Å². The molecule has 7 atom stereocenters. The maximum atomic E-state index is 11.6. The minimum absolute atomic E-state index is 0.00599. The molecule has 0 aromatic carbocycles. The van der Waals surface area contributed by atoms with Gasteiger partial charge in [-0.2, -0.15) is 0 Å². The van der Waals surface area contributed by atoms with Gasteiger partial charge in [-0.25, -0.2) is 0 Å². The van der Waals surface area contributed by atoms with Crippen molar-refractivity contribution < 1.29 is 19.7 Å². The Balaban J connectivity index is 2.29. The summed E-state index contributed by atoms with van der Waals surface area (Å²) in [6.07, 6.45) is 4.59. The molecule has 1 saturated carbocycles. The monoisotopic (exact) mass is 362 g/mol. The van der Waals surface area contributed by atoms with Crippen molar-refractivity contribution in [3.05, 3.63) is 35.5 Å². The van der Waals surface area contributed by atoms with Gasteiger partial charge in [-0.3, -0.25) is 4.79 Å². The lowest BCUT2D eigenvalue weighted by molar-refractivity contribution is -0.151. The number of aliphatic hydroxyl groups excluding tert-OH is 2. The van der Waals surface area contributed by atoms with Gasteiger partial charge in [-0.15, -0.1) is 0 Å². The first-order valence-corrected chi connectivity index (χ1v) is 9.65. The Bertz CT molecular complexity index is 599. The second-order valence-corrected chi connectivity index (χ2v) is 8.32. The highest BCUT2D eigenvalue weighted by Crippen LogP contribution is 2.47. The molecule has 0 bridgehead atoms. The van der Waals surface area contributed by atoms with Gasteiger partial charge in [0.2, 0.25) is 0 Å². The van der Waals surface area contributed by atoms with Crippen molar-refractivity contribution in [1.82, 2.24) is 0 Å². The first kappa shape index (κ1) is 20.9. The zero-order chi connectivity index (χ0) is 19.6. The highest BCUT2D eigenvalue weighted by Gasteiger charge is 2.46. The van der Waals surface area contributed by atoms with Gasteiger partial charge in [-0.1, -0.05) is 36.8 Å². The molecule has 2 N–H and O–H groups in total. The third kappa shape index (κ3) is 4.47. The fourth-order valence-corrected chi connectivity index (χ4v) is 4.60. The molecule has 0 heterocycles. The quantitative estimate of drug-likeness (QED) is 0.577. The minimum Gasteiger partial charge on any atom is -0.462 e. The maximum absolute atomic E-state index is 11.6. The molecule has 2 aliphatic carbocycles. The van der Waals surface area contributed by atoms with Crippen molar-refractivity contribution in [2.45, 2.75) is 72.2 Å². The number of fused-ring (bicyclic) bond motifs is 1. The summed E-state index contributed by atoms with van der Waals surface area (Å²) >= 11 is 0. The van der Waals surface area contributed by atoms with Gasteiger partial charge >= 0.3 is 5.97 Å². The van der Waals surface area contributed by atoms with Crippen molar-refractivity contribution in [3.8, 4) is 0 Å². The average molecular weight is 363 g/mol. The summed E-state index contributed by atoms with van der Waals surface area (Å²) in [5.74, 6) is -0.449. The van der Waals surface area contributed by atoms with Crippen LogP contribution < -0.4 is 0 Å². The fourth-order valence-electron chi connectivity index (χ4n) is 4.60. The van der Waals surface area contributed by atoms with Gasteiger partial charge in [-0.05, 0) is 56.9 Å². The molecule has 1 fully saturated rings. The first-order valence-electron chi connectivity index (χ1n) is 9.65. The van der Waals surface area contributed by atoms with Crippen LogP contribution in [0.1, 0.15) is 53.9 Å². The van der Waals surface area contributed by atoms with E-state index >= 15 is 0 Å². The van der Waals surface area contributed by atoms with Crippen LogP contribution >= 0.6 is 0 Å². The van der Waals surface area contributed by atoms with Crippen molar-refractivity contribution in [3.63, 3.8) is 0 Å². The maximum Gasteiger partial charge on any atom is 0.302 e. The molecule has 4 nitrogen and oxygen atoms in total. The molecule has 2 rings (SSSR count). The van der Waals surface area contributed by atoms with Crippen molar-refractivity contribution in [2.75, 3.05) is 0 Å². The van der Waals surface area contributed by atoms with E-state index in [0.29, 0.717) is 12.8 Å². The van der Waals surface area contributed by atoms with Crippen molar-refractivity contribution >= 4 is 5.97 Å². The number of hydrogen-bond acceptors (Lipinski definition) is 4. The summed E-state index contributed by atoms with van der Waals surface area (Å²) in [7, 11) is 0. The molecule has 0 aromatic rings. The number of carbonyl (C=O) groups is 1. The Morgan fingerprint density at radius 2 is 2.04 bits per heavy atom. The lowest BCUT2D eigenvalue weighted by atomic mass is 9.75. The third-order valence-electron chi connectivity index (χ3n) is 6.20. The highest BCUT2D eigenvalue weighted by atomic mass is 16.5. The third-order valence-corrected chi connectivity index (χ3v) is 6.20. The Morgan fingerprint density at radius 3 is 2.62 bits per heavy atom. The smallest absolute Gasteiger partial charge is 0.302 e. The Hall–Kier alpha value is -1.39. The molecule has 2 aliphatic rings. The predicted octanol–water partition coefficient (Wildman–Crippen LogP) is 3.79. The predicted molar refractivity (Wildman–Crippen MR) is 103 cm³/mol. The molecule has 0 radical (unpaired) electrons. The minimum atomic E-state index is -0.632. The summed E-state index contributed by atoms with van der Waals surface area (Å²) in [4.78, 5) is 11.6. The molecule has 0 aliphatic heterocycles. The van der Waals surface area contributed by atoms with E-state index in [1.807, 2.05) is 27.7 Å². The number of aliphatic hydroxyl groups is 2. The van der Waals surface area contributed by atoms with Crippen LogP contribution in [0, 0.1) is 23.7 Å². The van der Waals surface area contributed by atoms with Crippen LogP contribution in [0.3, 0.4) is 0 Å².